The molecule has 0 heterocycles. The number of carbonyl (C=O) groups excluding carboxylic acids is 3. The highest BCUT2D eigenvalue weighted by Crippen LogP contribution is 2.17. The number of esters is 3. The fourth-order valence-corrected chi connectivity index (χ4v) is 8.49. The largest absolute Gasteiger partial charge is 0.462 e. The third-order valence-corrected chi connectivity index (χ3v) is 12.8. The van der Waals surface area contributed by atoms with Crippen LogP contribution < -0.4 is 0 Å². The normalized spacial score (nSPS) is 12.3. The maximum atomic E-state index is 12.8. The lowest BCUT2D eigenvalue weighted by Gasteiger charge is -2.18. The number of hydrogen-bond acceptors (Lipinski definition) is 6. The summed E-state index contributed by atoms with van der Waals surface area (Å²) in [7, 11) is 0. The summed E-state index contributed by atoms with van der Waals surface area (Å²) in [6.07, 6.45) is 68.7. The molecular formula is C61H110O6. The summed E-state index contributed by atoms with van der Waals surface area (Å²) in [4.78, 5) is 37.8. The monoisotopic (exact) mass is 939 g/mol. The Kier molecular flexibility index (Phi) is 53.8. The van der Waals surface area contributed by atoms with Crippen molar-refractivity contribution >= 4 is 17.9 Å². The van der Waals surface area contributed by atoms with Crippen molar-refractivity contribution in [1.29, 1.82) is 0 Å². The summed E-state index contributed by atoms with van der Waals surface area (Å²) in [6, 6.07) is 0. The zero-order chi connectivity index (χ0) is 48.6. The maximum Gasteiger partial charge on any atom is 0.306 e. The SMILES string of the molecule is CC/C=C\C/C=C\C/C=C\C/C=C\CCCCCCCCCCCCCCCCCCC(=O)OCC(COC(=O)CCCCCCC)OC(=O)CCCCCCCCCCCCCCCCC. The first kappa shape index (κ1) is 64.4. The van der Waals surface area contributed by atoms with Gasteiger partial charge < -0.3 is 14.2 Å². The Morgan fingerprint density at radius 3 is 0.910 bits per heavy atom. The Labute approximate surface area is 416 Å². The number of unbranched alkanes of at least 4 members (excludes halogenated alkanes) is 34. The minimum Gasteiger partial charge on any atom is -0.462 e. The van der Waals surface area contributed by atoms with E-state index in [4.69, 9.17) is 14.2 Å². The van der Waals surface area contributed by atoms with Crippen LogP contribution in [0, 0.1) is 0 Å². The molecule has 0 aliphatic rings. The molecule has 0 aliphatic heterocycles. The molecule has 0 saturated carbocycles. The van der Waals surface area contributed by atoms with Crippen molar-refractivity contribution < 1.29 is 28.6 Å². The predicted molar refractivity (Wildman–Crippen MR) is 289 cm³/mol. The fraction of sp³-hybridized carbons (Fsp3) is 0.820. The van der Waals surface area contributed by atoms with Crippen LogP contribution in [-0.4, -0.2) is 37.2 Å². The number of hydrogen-bond donors (Lipinski definition) is 0. The van der Waals surface area contributed by atoms with Crippen LogP contribution in [0.2, 0.25) is 0 Å². The summed E-state index contributed by atoms with van der Waals surface area (Å²) in [5.74, 6) is -0.867. The van der Waals surface area contributed by atoms with Crippen molar-refractivity contribution in [2.24, 2.45) is 0 Å². The zero-order valence-corrected chi connectivity index (χ0v) is 44.7. The van der Waals surface area contributed by atoms with Crippen molar-refractivity contribution in [2.75, 3.05) is 13.2 Å². The highest BCUT2D eigenvalue weighted by molar-refractivity contribution is 5.71. The van der Waals surface area contributed by atoms with Crippen molar-refractivity contribution in [1.82, 2.24) is 0 Å². The summed E-state index contributed by atoms with van der Waals surface area (Å²) in [5, 5.41) is 0. The van der Waals surface area contributed by atoms with Crippen LogP contribution in [0.5, 0.6) is 0 Å². The van der Waals surface area contributed by atoms with Gasteiger partial charge in [-0.3, -0.25) is 14.4 Å². The van der Waals surface area contributed by atoms with Gasteiger partial charge in [0.05, 0.1) is 0 Å². The first-order valence-electron chi connectivity index (χ1n) is 29.1. The molecule has 390 valence electrons. The molecule has 0 spiro atoms. The smallest absolute Gasteiger partial charge is 0.306 e. The molecule has 67 heavy (non-hydrogen) atoms. The molecule has 0 bridgehead atoms. The molecule has 0 aromatic rings. The molecule has 1 atom stereocenters. The standard InChI is InChI=1S/C61H110O6/c1-4-7-10-13-15-17-19-21-23-24-25-26-27-28-29-30-31-32-33-34-35-36-38-39-41-43-45-48-51-54-60(63)66-57-58(56-65-59(62)53-50-47-12-9-6-3)67-61(64)55-52-49-46-44-42-40-37-22-20-18-16-14-11-8-5-2/h7,10,15,17,21,23,25-26,58H,4-6,8-9,11-14,16,18-20,22,24,27-57H2,1-3H3/b10-7-,17-15-,23-21-,26-25-. The second-order valence-corrected chi connectivity index (χ2v) is 19.5. The second-order valence-electron chi connectivity index (χ2n) is 19.5. The molecule has 6 nitrogen and oxygen atoms in total. The number of ether oxygens (including phenoxy) is 3. The Bertz CT molecular complexity index is 1170. The molecule has 0 rings (SSSR count). The van der Waals surface area contributed by atoms with Gasteiger partial charge in [-0.25, -0.2) is 0 Å². The summed E-state index contributed by atoms with van der Waals surface area (Å²) in [6.45, 7) is 6.48. The Hall–Kier alpha value is -2.63. The Balaban J connectivity index is 3.97. The van der Waals surface area contributed by atoms with Gasteiger partial charge in [0.2, 0.25) is 0 Å². The molecule has 6 heteroatoms. The van der Waals surface area contributed by atoms with Crippen molar-refractivity contribution in [3.8, 4) is 0 Å². The quantitative estimate of drug-likeness (QED) is 0.0262. The molecule has 1 unspecified atom stereocenters. The van der Waals surface area contributed by atoms with Gasteiger partial charge in [0, 0.05) is 19.3 Å². The van der Waals surface area contributed by atoms with Crippen LogP contribution in [0.25, 0.3) is 0 Å². The maximum absolute atomic E-state index is 12.8. The molecule has 0 amide bonds. The molecule has 0 radical (unpaired) electrons. The molecular weight excluding hydrogens is 829 g/mol. The highest BCUT2D eigenvalue weighted by atomic mass is 16.6. The first-order chi connectivity index (χ1) is 33.0. The molecule has 0 saturated heterocycles. The summed E-state index contributed by atoms with van der Waals surface area (Å²) < 4.78 is 16.7. The van der Waals surface area contributed by atoms with Crippen molar-refractivity contribution in [3.05, 3.63) is 48.6 Å². The lowest BCUT2D eigenvalue weighted by molar-refractivity contribution is -0.167. The van der Waals surface area contributed by atoms with Gasteiger partial charge in [-0.05, 0) is 57.8 Å². The average Bonchev–Trinajstić information content (AvgIpc) is 3.33. The van der Waals surface area contributed by atoms with Crippen LogP contribution in [0.3, 0.4) is 0 Å². The minimum absolute atomic E-state index is 0.0685. The van der Waals surface area contributed by atoms with E-state index in [0.29, 0.717) is 19.3 Å². The zero-order valence-electron chi connectivity index (χ0n) is 44.7. The van der Waals surface area contributed by atoms with E-state index < -0.39 is 6.10 Å². The lowest BCUT2D eigenvalue weighted by Crippen LogP contribution is -2.30. The lowest BCUT2D eigenvalue weighted by atomic mass is 10.0. The van der Waals surface area contributed by atoms with Crippen LogP contribution in [0.4, 0.5) is 0 Å². The van der Waals surface area contributed by atoms with Crippen molar-refractivity contribution in [3.63, 3.8) is 0 Å². The second kappa shape index (κ2) is 56.0. The third kappa shape index (κ3) is 54.2. The molecule has 0 aromatic carbocycles. The summed E-state index contributed by atoms with van der Waals surface area (Å²) >= 11 is 0. The Morgan fingerprint density at radius 2 is 0.582 bits per heavy atom. The van der Waals surface area contributed by atoms with Gasteiger partial charge in [0.1, 0.15) is 13.2 Å². The van der Waals surface area contributed by atoms with Gasteiger partial charge in [-0.2, -0.15) is 0 Å². The average molecular weight is 940 g/mol. The van der Waals surface area contributed by atoms with E-state index in [-0.39, 0.29) is 31.1 Å². The molecule has 0 aromatic heterocycles. The van der Waals surface area contributed by atoms with E-state index in [0.717, 1.165) is 89.9 Å². The topological polar surface area (TPSA) is 78.9 Å². The fourth-order valence-electron chi connectivity index (χ4n) is 8.49. The summed E-state index contributed by atoms with van der Waals surface area (Å²) in [5.41, 5.74) is 0. The highest BCUT2D eigenvalue weighted by Gasteiger charge is 2.19. The molecule has 0 fully saturated rings. The van der Waals surface area contributed by atoms with Gasteiger partial charge in [0.15, 0.2) is 6.10 Å². The minimum atomic E-state index is -0.764. The van der Waals surface area contributed by atoms with E-state index in [1.165, 1.54) is 173 Å². The van der Waals surface area contributed by atoms with Crippen LogP contribution >= 0.6 is 0 Å². The number of carbonyl (C=O) groups is 3. The van der Waals surface area contributed by atoms with Gasteiger partial charge in [-0.1, -0.05) is 275 Å². The van der Waals surface area contributed by atoms with Crippen LogP contribution in [-0.2, 0) is 28.6 Å². The van der Waals surface area contributed by atoms with Crippen LogP contribution in [0.1, 0.15) is 303 Å². The van der Waals surface area contributed by atoms with Gasteiger partial charge in [0.25, 0.3) is 0 Å². The van der Waals surface area contributed by atoms with Gasteiger partial charge >= 0.3 is 17.9 Å². The molecule has 0 aliphatic carbocycles. The van der Waals surface area contributed by atoms with Crippen molar-refractivity contribution in [2.45, 2.75) is 309 Å². The Morgan fingerprint density at radius 1 is 0.313 bits per heavy atom. The van der Waals surface area contributed by atoms with E-state index in [1.807, 2.05) is 0 Å². The van der Waals surface area contributed by atoms with E-state index >= 15 is 0 Å². The predicted octanol–water partition coefficient (Wildman–Crippen LogP) is 19.4. The third-order valence-electron chi connectivity index (χ3n) is 12.8. The van der Waals surface area contributed by atoms with Crippen LogP contribution in [0.15, 0.2) is 48.6 Å². The number of allylic oxidation sites excluding steroid dienone is 8. The first-order valence-corrected chi connectivity index (χ1v) is 29.1. The van der Waals surface area contributed by atoms with E-state index in [1.54, 1.807) is 0 Å². The van der Waals surface area contributed by atoms with Gasteiger partial charge in [-0.15, -0.1) is 0 Å². The number of rotatable bonds is 53. The molecule has 0 N–H and O–H groups in total. The van der Waals surface area contributed by atoms with E-state index in [2.05, 4.69) is 69.4 Å². The van der Waals surface area contributed by atoms with E-state index in [9.17, 15) is 14.4 Å².